The van der Waals surface area contributed by atoms with Crippen molar-refractivity contribution in [1.82, 2.24) is 0 Å². The third kappa shape index (κ3) is 1.26. The third-order valence-electron chi connectivity index (χ3n) is 3.62. The van der Waals surface area contributed by atoms with Gasteiger partial charge in [-0.1, -0.05) is 12.8 Å². The van der Waals surface area contributed by atoms with E-state index in [4.69, 9.17) is 5.11 Å². The van der Waals surface area contributed by atoms with Gasteiger partial charge in [0.05, 0.1) is 5.92 Å². The number of carbonyl (C=O) groups is 2. The minimum atomic E-state index is -0.771. The fourth-order valence-electron chi connectivity index (χ4n) is 2.99. The molecule has 2 aliphatic carbocycles. The number of Topliss-reactive ketones (excluding diaryl/α,β-unsaturated/α-hetero) is 1. The van der Waals surface area contributed by atoms with E-state index in [0.29, 0.717) is 6.42 Å². The van der Waals surface area contributed by atoms with Crippen LogP contribution in [0.2, 0.25) is 0 Å². The van der Waals surface area contributed by atoms with Crippen LogP contribution in [-0.2, 0) is 9.59 Å². The van der Waals surface area contributed by atoms with Crippen LogP contribution in [0.1, 0.15) is 38.5 Å². The van der Waals surface area contributed by atoms with Gasteiger partial charge in [0.25, 0.3) is 0 Å². The highest BCUT2D eigenvalue weighted by Gasteiger charge is 2.51. The van der Waals surface area contributed by atoms with Gasteiger partial charge in [0.1, 0.15) is 5.78 Å². The van der Waals surface area contributed by atoms with Crippen molar-refractivity contribution < 1.29 is 14.7 Å². The molecule has 1 atom stereocenters. The lowest BCUT2D eigenvalue weighted by Crippen LogP contribution is -2.28. The van der Waals surface area contributed by atoms with Crippen LogP contribution in [0.25, 0.3) is 0 Å². The van der Waals surface area contributed by atoms with E-state index in [9.17, 15) is 9.59 Å². The minimum Gasteiger partial charge on any atom is -0.481 e. The predicted octanol–water partition coefficient (Wildman–Crippen LogP) is 1.61. The zero-order valence-corrected chi connectivity index (χ0v) is 7.58. The van der Waals surface area contributed by atoms with Crippen molar-refractivity contribution in [2.75, 3.05) is 0 Å². The first kappa shape index (κ1) is 8.73. The molecular formula is C10H14O3. The van der Waals surface area contributed by atoms with Crippen LogP contribution in [0.3, 0.4) is 0 Å². The second kappa shape index (κ2) is 2.82. The molecule has 0 saturated heterocycles. The smallest absolute Gasteiger partial charge is 0.307 e. The molecule has 0 aromatic rings. The van der Waals surface area contributed by atoms with Gasteiger partial charge in [-0.15, -0.1) is 0 Å². The molecule has 1 unspecified atom stereocenters. The van der Waals surface area contributed by atoms with Crippen LogP contribution in [-0.4, -0.2) is 16.9 Å². The van der Waals surface area contributed by atoms with E-state index in [-0.39, 0.29) is 23.5 Å². The molecule has 3 nitrogen and oxygen atoms in total. The molecule has 3 heteroatoms. The summed E-state index contributed by atoms with van der Waals surface area (Å²) in [5.74, 6) is -1.01. The predicted molar refractivity (Wildman–Crippen MR) is 46.3 cm³/mol. The average Bonchev–Trinajstić information content (AvgIpc) is 2.60. The van der Waals surface area contributed by atoms with Crippen LogP contribution in [0.5, 0.6) is 0 Å². The standard InChI is InChI=1S/C10H14O3/c11-7-5-8(9(12)13)10(6-7)3-1-2-4-10/h8H,1-6H2,(H,12,13). The molecule has 0 heterocycles. The van der Waals surface area contributed by atoms with E-state index in [1.807, 2.05) is 0 Å². The summed E-state index contributed by atoms with van der Waals surface area (Å²) >= 11 is 0. The lowest BCUT2D eigenvalue weighted by Gasteiger charge is -2.26. The molecular weight excluding hydrogens is 168 g/mol. The van der Waals surface area contributed by atoms with E-state index in [2.05, 4.69) is 0 Å². The zero-order chi connectivity index (χ0) is 9.47. The number of ketones is 1. The first-order valence-corrected chi connectivity index (χ1v) is 4.89. The normalized spacial score (nSPS) is 31.4. The lowest BCUT2D eigenvalue weighted by atomic mass is 9.76. The maximum atomic E-state index is 11.3. The van der Waals surface area contributed by atoms with Crippen molar-refractivity contribution >= 4 is 11.8 Å². The van der Waals surface area contributed by atoms with Crippen LogP contribution in [0.15, 0.2) is 0 Å². The Bertz CT molecular complexity index is 251. The van der Waals surface area contributed by atoms with Crippen molar-refractivity contribution in [2.24, 2.45) is 11.3 Å². The van der Waals surface area contributed by atoms with Gasteiger partial charge in [-0.2, -0.15) is 0 Å². The summed E-state index contributed by atoms with van der Waals surface area (Å²) in [5, 5.41) is 9.00. The Morgan fingerprint density at radius 3 is 2.54 bits per heavy atom. The Hall–Kier alpha value is -0.860. The highest BCUT2D eigenvalue weighted by atomic mass is 16.4. The quantitative estimate of drug-likeness (QED) is 0.670. The maximum absolute atomic E-state index is 11.3. The molecule has 0 radical (unpaired) electrons. The second-order valence-corrected chi connectivity index (χ2v) is 4.38. The van der Waals surface area contributed by atoms with E-state index >= 15 is 0 Å². The van der Waals surface area contributed by atoms with Crippen molar-refractivity contribution in [2.45, 2.75) is 38.5 Å². The van der Waals surface area contributed by atoms with Crippen LogP contribution < -0.4 is 0 Å². The minimum absolute atomic E-state index is 0.148. The molecule has 0 bridgehead atoms. The molecule has 13 heavy (non-hydrogen) atoms. The monoisotopic (exact) mass is 182 g/mol. The molecule has 2 aliphatic rings. The van der Waals surface area contributed by atoms with Crippen LogP contribution in [0.4, 0.5) is 0 Å². The molecule has 0 amide bonds. The fourth-order valence-corrected chi connectivity index (χ4v) is 2.99. The second-order valence-electron chi connectivity index (χ2n) is 4.38. The number of aliphatic carboxylic acids is 1. The average molecular weight is 182 g/mol. The van der Waals surface area contributed by atoms with Gasteiger partial charge in [0.15, 0.2) is 0 Å². The molecule has 0 aliphatic heterocycles. The molecule has 1 spiro atoms. The summed E-state index contributed by atoms with van der Waals surface area (Å²) in [7, 11) is 0. The largest absolute Gasteiger partial charge is 0.481 e. The zero-order valence-electron chi connectivity index (χ0n) is 7.58. The first-order valence-electron chi connectivity index (χ1n) is 4.89. The summed E-state index contributed by atoms with van der Waals surface area (Å²) in [4.78, 5) is 22.2. The summed E-state index contributed by atoms with van der Waals surface area (Å²) in [6.45, 7) is 0. The Kier molecular flexibility index (Phi) is 1.90. The molecule has 0 aromatic carbocycles. The van der Waals surface area contributed by atoms with E-state index < -0.39 is 5.97 Å². The highest BCUT2D eigenvalue weighted by Crippen LogP contribution is 2.52. The number of carbonyl (C=O) groups excluding carboxylic acids is 1. The molecule has 0 aromatic heterocycles. The number of hydrogen-bond donors (Lipinski definition) is 1. The Balaban J connectivity index is 2.25. The van der Waals surface area contributed by atoms with Crippen LogP contribution in [0, 0.1) is 11.3 Å². The van der Waals surface area contributed by atoms with Gasteiger partial charge < -0.3 is 5.11 Å². The van der Waals surface area contributed by atoms with Crippen molar-refractivity contribution in [3.8, 4) is 0 Å². The van der Waals surface area contributed by atoms with Crippen molar-refractivity contribution in [3.63, 3.8) is 0 Å². The van der Waals surface area contributed by atoms with Gasteiger partial charge >= 0.3 is 5.97 Å². The number of hydrogen-bond acceptors (Lipinski definition) is 2. The topological polar surface area (TPSA) is 54.4 Å². The Morgan fingerprint density at radius 2 is 2.00 bits per heavy atom. The van der Waals surface area contributed by atoms with E-state index in [1.54, 1.807) is 0 Å². The number of carboxylic acid groups (broad SMARTS) is 1. The van der Waals surface area contributed by atoms with Crippen LogP contribution >= 0.6 is 0 Å². The van der Waals surface area contributed by atoms with E-state index in [0.717, 1.165) is 25.7 Å². The number of rotatable bonds is 1. The molecule has 2 fully saturated rings. The van der Waals surface area contributed by atoms with Crippen molar-refractivity contribution in [3.05, 3.63) is 0 Å². The Morgan fingerprint density at radius 1 is 1.38 bits per heavy atom. The molecule has 2 saturated carbocycles. The molecule has 72 valence electrons. The van der Waals surface area contributed by atoms with Gasteiger partial charge in [-0.05, 0) is 18.3 Å². The highest BCUT2D eigenvalue weighted by molar-refractivity contribution is 5.89. The van der Waals surface area contributed by atoms with Gasteiger partial charge in [0, 0.05) is 12.8 Å². The summed E-state index contributed by atoms with van der Waals surface area (Å²) in [6.07, 6.45) is 4.86. The SMILES string of the molecule is O=C1CC(C(=O)O)C2(CCCC2)C1. The lowest BCUT2D eigenvalue weighted by molar-refractivity contribution is -0.145. The summed E-state index contributed by atoms with van der Waals surface area (Å²) < 4.78 is 0. The molecule has 2 rings (SSSR count). The maximum Gasteiger partial charge on any atom is 0.307 e. The van der Waals surface area contributed by atoms with Gasteiger partial charge in [-0.3, -0.25) is 9.59 Å². The van der Waals surface area contributed by atoms with Gasteiger partial charge in [0.2, 0.25) is 0 Å². The van der Waals surface area contributed by atoms with Gasteiger partial charge in [-0.25, -0.2) is 0 Å². The van der Waals surface area contributed by atoms with E-state index in [1.165, 1.54) is 0 Å². The van der Waals surface area contributed by atoms with Crippen molar-refractivity contribution in [1.29, 1.82) is 0 Å². The number of carboxylic acids is 1. The first-order chi connectivity index (χ1) is 6.14. The molecule has 1 N–H and O–H groups in total. The Labute approximate surface area is 77.1 Å². The summed E-state index contributed by atoms with van der Waals surface area (Å²) in [6, 6.07) is 0. The fraction of sp³-hybridized carbons (Fsp3) is 0.800. The third-order valence-corrected chi connectivity index (χ3v) is 3.62. The summed E-state index contributed by atoms with van der Waals surface area (Å²) in [5.41, 5.74) is -0.150.